The van der Waals surface area contributed by atoms with Crippen molar-refractivity contribution in [2.24, 2.45) is 0 Å². The van der Waals surface area contributed by atoms with Crippen molar-refractivity contribution >= 4 is 24.2 Å². The maximum Gasteiger partial charge on any atom is 0.139 e. The van der Waals surface area contributed by atoms with E-state index in [0.29, 0.717) is 0 Å². The van der Waals surface area contributed by atoms with Crippen molar-refractivity contribution in [3.8, 4) is 0 Å². The van der Waals surface area contributed by atoms with Crippen LogP contribution in [0.25, 0.3) is 0 Å². The Labute approximate surface area is 47.7 Å². The molecule has 0 aromatic rings. The third-order valence-electron chi connectivity index (χ3n) is 0.398. The van der Waals surface area contributed by atoms with Crippen LogP contribution in [0.5, 0.6) is 0 Å². The monoisotopic (exact) mass is 126 g/mol. The highest BCUT2D eigenvalue weighted by molar-refractivity contribution is 7.81. The van der Waals surface area contributed by atoms with Gasteiger partial charge in [-0.1, -0.05) is 11.6 Å². The Bertz CT molecular complexity index is 31.8. The second-order valence-electron chi connectivity index (χ2n) is 1.11. The molecule has 38 valence electrons. The van der Waals surface area contributed by atoms with Crippen molar-refractivity contribution < 1.29 is 5.11 Å². The first-order chi connectivity index (χ1) is 2.64. The van der Waals surface area contributed by atoms with Gasteiger partial charge in [0.05, 0.1) is 0 Å². The fourth-order valence-corrected chi connectivity index (χ4v) is 0. The van der Waals surface area contributed by atoms with Gasteiger partial charge in [-0.15, -0.1) is 0 Å². The van der Waals surface area contributed by atoms with Gasteiger partial charge in [-0.2, -0.15) is 12.6 Å². The summed E-state index contributed by atoms with van der Waals surface area (Å²) in [4.78, 5) is 0. The highest BCUT2D eigenvalue weighted by atomic mass is 35.5. The van der Waals surface area contributed by atoms with Gasteiger partial charge in [-0.3, -0.25) is 0 Å². The average Bonchev–Trinajstić information content (AvgIpc) is 1.36. The number of hydrogen-bond acceptors (Lipinski definition) is 2. The number of rotatable bonds is 1. The maximum absolute atomic E-state index is 8.32. The molecule has 0 saturated heterocycles. The van der Waals surface area contributed by atoms with Gasteiger partial charge in [-0.25, -0.2) is 0 Å². The molecule has 0 saturated carbocycles. The normalized spacial score (nSPS) is 20.0. The van der Waals surface area contributed by atoms with E-state index in [1.807, 2.05) is 0 Å². The lowest BCUT2D eigenvalue weighted by Gasteiger charge is -2.01. The molecule has 1 nitrogen and oxygen atoms in total. The summed E-state index contributed by atoms with van der Waals surface area (Å²) in [6.07, 6.45) is 0. The molecule has 0 aliphatic carbocycles. The minimum atomic E-state index is -0.812. The number of halogens is 1. The van der Waals surface area contributed by atoms with E-state index < -0.39 is 5.56 Å². The Balaban J connectivity index is 2.99. The molecule has 0 amide bonds. The SMILES string of the molecule is CC(S)C(O)Cl. The van der Waals surface area contributed by atoms with Gasteiger partial charge in [0.1, 0.15) is 5.56 Å². The largest absolute Gasteiger partial charge is 0.377 e. The van der Waals surface area contributed by atoms with Crippen molar-refractivity contribution in [1.82, 2.24) is 0 Å². The Morgan fingerprint density at radius 2 is 2.00 bits per heavy atom. The van der Waals surface area contributed by atoms with Crippen LogP contribution >= 0.6 is 24.2 Å². The van der Waals surface area contributed by atoms with Crippen LogP contribution in [0.15, 0.2) is 0 Å². The lowest BCUT2D eigenvalue weighted by molar-refractivity contribution is 0.258. The van der Waals surface area contributed by atoms with E-state index in [4.69, 9.17) is 16.7 Å². The van der Waals surface area contributed by atoms with Crippen molar-refractivity contribution in [3.05, 3.63) is 0 Å². The van der Waals surface area contributed by atoms with E-state index in [2.05, 4.69) is 12.6 Å². The molecule has 1 N–H and O–H groups in total. The van der Waals surface area contributed by atoms with Crippen LogP contribution in [-0.4, -0.2) is 15.9 Å². The van der Waals surface area contributed by atoms with Crippen LogP contribution in [0.1, 0.15) is 6.92 Å². The van der Waals surface area contributed by atoms with Crippen LogP contribution in [0.3, 0.4) is 0 Å². The summed E-state index contributed by atoms with van der Waals surface area (Å²) in [5.74, 6) is 0. The quantitative estimate of drug-likeness (QED) is 0.395. The van der Waals surface area contributed by atoms with Crippen molar-refractivity contribution in [2.75, 3.05) is 0 Å². The zero-order valence-electron chi connectivity index (χ0n) is 3.43. The summed E-state index contributed by atoms with van der Waals surface area (Å²) in [7, 11) is 0. The van der Waals surface area contributed by atoms with Gasteiger partial charge >= 0.3 is 0 Å². The fraction of sp³-hybridized carbons (Fsp3) is 1.00. The Hall–Kier alpha value is 0.600. The fourth-order valence-electron chi connectivity index (χ4n) is 0. The summed E-state index contributed by atoms with van der Waals surface area (Å²) in [5, 5.41) is 8.19. The summed E-state index contributed by atoms with van der Waals surface area (Å²) in [5.41, 5.74) is -0.812. The van der Waals surface area contributed by atoms with E-state index in [1.54, 1.807) is 6.92 Å². The zero-order chi connectivity index (χ0) is 5.15. The van der Waals surface area contributed by atoms with Crippen molar-refractivity contribution in [1.29, 1.82) is 0 Å². The molecule has 0 bridgehead atoms. The minimum absolute atomic E-state index is 0.133. The van der Waals surface area contributed by atoms with Crippen molar-refractivity contribution in [2.45, 2.75) is 17.7 Å². The Morgan fingerprint density at radius 3 is 2.00 bits per heavy atom. The molecule has 0 fully saturated rings. The van der Waals surface area contributed by atoms with Crippen molar-refractivity contribution in [3.63, 3.8) is 0 Å². The molecular weight excluding hydrogens is 120 g/mol. The van der Waals surface area contributed by atoms with E-state index in [1.165, 1.54) is 0 Å². The van der Waals surface area contributed by atoms with Gasteiger partial charge in [0.2, 0.25) is 0 Å². The highest BCUT2D eigenvalue weighted by Crippen LogP contribution is 2.02. The number of aliphatic hydroxyl groups is 1. The van der Waals surface area contributed by atoms with Gasteiger partial charge in [0, 0.05) is 5.25 Å². The smallest absolute Gasteiger partial charge is 0.139 e. The molecule has 0 spiro atoms. The molecule has 0 aliphatic heterocycles. The molecule has 0 radical (unpaired) electrons. The molecule has 6 heavy (non-hydrogen) atoms. The summed E-state index contributed by atoms with van der Waals surface area (Å²) >= 11 is 8.90. The first-order valence-electron chi connectivity index (χ1n) is 1.65. The topological polar surface area (TPSA) is 20.2 Å². The molecule has 2 atom stereocenters. The Morgan fingerprint density at radius 1 is 1.83 bits per heavy atom. The van der Waals surface area contributed by atoms with E-state index >= 15 is 0 Å². The van der Waals surface area contributed by atoms with Gasteiger partial charge in [-0.05, 0) is 6.92 Å². The van der Waals surface area contributed by atoms with Gasteiger partial charge in [0.25, 0.3) is 0 Å². The molecule has 0 aromatic carbocycles. The average molecular weight is 127 g/mol. The lowest BCUT2D eigenvalue weighted by atomic mass is 10.5. The highest BCUT2D eigenvalue weighted by Gasteiger charge is 2.01. The molecule has 0 aliphatic rings. The summed E-state index contributed by atoms with van der Waals surface area (Å²) in [6.45, 7) is 1.72. The second-order valence-corrected chi connectivity index (χ2v) is 2.37. The predicted octanol–water partition coefficient (Wildman–Crippen LogP) is 0.862. The molecule has 3 heteroatoms. The Kier molecular flexibility index (Phi) is 2.99. The van der Waals surface area contributed by atoms with Gasteiger partial charge in [0.15, 0.2) is 0 Å². The molecule has 0 rings (SSSR count). The minimum Gasteiger partial charge on any atom is -0.377 e. The van der Waals surface area contributed by atoms with E-state index in [9.17, 15) is 0 Å². The standard InChI is InChI=1S/C3H7ClOS/c1-2(6)3(4)5/h2-3,5-6H,1H3. The van der Waals surface area contributed by atoms with Gasteiger partial charge < -0.3 is 5.11 Å². The van der Waals surface area contributed by atoms with E-state index in [-0.39, 0.29) is 5.25 Å². The summed E-state index contributed by atoms with van der Waals surface area (Å²) < 4.78 is 0. The van der Waals surface area contributed by atoms with Crippen LogP contribution in [0.2, 0.25) is 0 Å². The van der Waals surface area contributed by atoms with Crippen LogP contribution in [0, 0.1) is 0 Å². The molecule has 0 heterocycles. The third kappa shape index (κ3) is 2.82. The predicted molar refractivity (Wildman–Crippen MR) is 30.3 cm³/mol. The van der Waals surface area contributed by atoms with E-state index in [0.717, 1.165) is 0 Å². The zero-order valence-corrected chi connectivity index (χ0v) is 5.08. The molecule has 2 unspecified atom stereocenters. The summed E-state index contributed by atoms with van der Waals surface area (Å²) in [6, 6.07) is 0. The van der Waals surface area contributed by atoms with Crippen LogP contribution < -0.4 is 0 Å². The number of aliphatic hydroxyl groups excluding tert-OH is 1. The first-order valence-corrected chi connectivity index (χ1v) is 2.60. The number of hydrogen-bond donors (Lipinski definition) is 2. The molecular formula is C3H7ClOS. The van der Waals surface area contributed by atoms with Crippen LogP contribution in [-0.2, 0) is 0 Å². The molecule has 0 aromatic heterocycles. The number of alkyl halides is 1. The second kappa shape index (κ2) is 2.72. The number of thiol groups is 1. The van der Waals surface area contributed by atoms with Crippen LogP contribution in [0.4, 0.5) is 0 Å². The maximum atomic E-state index is 8.32. The lowest BCUT2D eigenvalue weighted by Crippen LogP contribution is -2.07. The first kappa shape index (κ1) is 6.60. The third-order valence-corrected chi connectivity index (χ3v) is 1.23.